The number of fused-ring (bicyclic) bond motifs is 1. The van der Waals surface area contributed by atoms with Gasteiger partial charge in [0.25, 0.3) is 0 Å². The quantitative estimate of drug-likeness (QED) is 0.333. The molecule has 3 atom stereocenters. The van der Waals surface area contributed by atoms with Crippen LogP contribution in [0.15, 0.2) is 54.7 Å². The van der Waals surface area contributed by atoms with Gasteiger partial charge in [-0.05, 0) is 96.6 Å². The van der Waals surface area contributed by atoms with Crippen molar-refractivity contribution in [3.63, 3.8) is 0 Å². The number of hydrogen-bond acceptors (Lipinski definition) is 5. The number of carboxylic acids is 1. The molecular formula is C32H38N2O4. The van der Waals surface area contributed by atoms with Crippen LogP contribution < -0.4 is 9.47 Å². The summed E-state index contributed by atoms with van der Waals surface area (Å²) in [6.45, 7) is 5.78. The number of hydrogen-bond donors (Lipinski definition) is 1. The van der Waals surface area contributed by atoms with Gasteiger partial charge in [0, 0.05) is 18.8 Å². The second-order valence-corrected chi connectivity index (χ2v) is 10.8. The van der Waals surface area contributed by atoms with Crippen molar-refractivity contribution in [1.82, 2.24) is 9.88 Å². The van der Waals surface area contributed by atoms with E-state index in [0.717, 1.165) is 55.6 Å². The van der Waals surface area contributed by atoms with Gasteiger partial charge in [0.1, 0.15) is 11.9 Å². The molecule has 3 aromatic rings. The molecule has 2 aromatic carbocycles. The fraction of sp³-hybridized carbons (Fsp3) is 0.438. The van der Waals surface area contributed by atoms with Gasteiger partial charge < -0.3 is 19.5 Å². The third-order valence-corrected chi connectivity index (χ3v) is 8.22. The first kappa shape index (κ1) is 26.2. The van der Waals surface area contributed by atoms with Crippen molar-refractivity contribution in [2.24, 2.45) is 11.8 Å². The largest absolute Gasteiger partial charge is 0.485 e. The zero-order valence-corrected chi connectivity index (χ0v) is 22.8. The lowest BCUT2D eigenvalue weighted by molar-refractivity contribution is -0.142. The molecule has 1 N–H and O–H groups in total. The molecule has 2 heterocycles. The van der Waals surface area contributed by atoms with Gasteiger partial charge in [0.05, 0.1) is 13.0 Å². The van der Waals surface area contributed by atoms with E-state index >= 15 is 0 Å². The van der Waals surface area contributed by atoms with Crippen LogP contribution in [0.1, 0.15) is 67.4 Å². The van der Waals surface area contributed by atoms with Gasteiger partial charge >= 0.3 is 5.97 Å². The maximum absolute atomic E-state index is 11.8. The first-order valence-corrected chi connectivity index (χ1v) is 13.7. The molecule has 2 aliphatic rings. The number of methoxy groups -OCH3 is 1. The van der Waals surface area contributed by atoms with Crippen molar-refractivity contribution in [3.8, 4) is 22.8 Å². The van der Waals surface area contributed by atoms with Gasteiger partial charge in [-0.3, -0.25) is 4.79 Å². The van der Waals surface area contributed by atoms with Gasteiger partial charge in [-0.1, -0.05) is 44.2 Å². The molecule has 1 aromatic heterocycles. The summed E-state index contributed by atoms with van der Waals surface area (Å²) in [5.41, 5.74) is 6.96. The van der Waals surface area contributed by atoms with Crippen molar-refractivity contribution in [2.45, 2.75) is 58.1 Å². The fourth-order valence-corrected chi connectivity index (χ4v) is 5.72. The van der Waals surface area contributed by atoms with Crippen LogP contribution >= 0.6 is 0 Å². The Labute approximate surface area is 225 Å². The Morgan fingerprint density at radius 1 is 1.16 bits per heavy atom. The van der Waals surface area contributed by atoms with Crippen LogP contribution in [-0.2, 0) is 17.8 Å². The molecule has 200 valence electrons. The predicted octanol–water partition coefficient (Wildman–Crippen LogP) is 6.49. The molecule has 1 fully saturated rings. The van der Waals surface area contributed by atoms with Crippen LogP contribution in [0.4, 0.5) is 0 Å². The molecule has 0 saturated heterocycles. The standard InChI is InChI=1S/C32H38N2O4/c1-5-34(3)19-26-16-24(10-12-27(26)23-14-15-33-30(18-23)37-4)28-13-11-21-6-9-25(17-29(21)38-28)31(22-7-8-22)20(2)32(35)36/h6,9-10,12,14-18,20,22,28,31H,5,7-8,11,13,19H2,1-4H3,(H,35,36)/t20-,28+,31+/m1/s1. The Hall–Kier alpha value is -3.38. The number of aliphatic carboxylic acids is 1. The normalized spacial score (nSPS) is 18.4. The number of aromatic nitrogens is 1. The smallest absolute Gasteiger partial charge is 0.306 e. The lowest BCUT2D eigenvalue weighted by Crippen LogP contribution is -2.21. The van der Waals surface area contributed by atoms with Crippen molar-refractivity contribution < 1.29 is 19.4 Å². The molecule has 0 radical (unpaired) electrons. The predicted molar refractivity (Wildman–Crippen MR) is 149 cm³/mol. The molecule has 1 aliphatic heterocycles. The fourth-order valence-electron chi connectivity index (χ4n) is 5.72. The highest BCUT2D eigenvalue weighted by Crippen LogP contribution is 2.48. The van der Waals surface area contributed by atoms with Crippen LogP contribution in [0.5, 0.6) is 11.6 Å². The number of pyridine rings is 1. The van der Waals surface area contributed by atoms with Crippen LogP contribution in [-0.4, -0.2) is 41.7 Å². The van der Waals surface area contributed by atoms with Crippen molar-refractivity contribution >= 4 is 5.97 Å². The highest BCUT2D eigenvalue weighted by molar-refractivity contribution is 5.71. The summed E-state index contributed by atoms with van der Waals surface area (Å²) >= 11 is 0. The second-order valence-electron chi connectivity index (χ2n) is 10.8. The summed E-state index contributed by atoms with van der Waals surface area (Å²) in [4.78, 5) is 18.4. The number of aryl methyl sites for hydroxylation is 1. The first-order valence-electron chi connectivity index (χ1n) is 13.7. The Balaban J connectivity index is 1.44. The number of carbonyl (C=O) groups is 1. The summed E-state index contributed by atoms with van der Waals surface area (Å²) in [5, 5.41) is 9.71. The molecular weight excluding hydrogens is 476 g/mol. The summed E-state index contributed by atoms with van der Waals surface area (Å²) in [6.07, 6.45) is 5.81. The summed E-state index contributed by atoms with van der Waals surface area (Å²) in [7, 11) is 3.77. The van der Waals surface area contributed by atoms with Crippen molar-refractivity contribution in [2.75, 3.05) is 20.7 Å². The third-order valence-electron chi connectivity index (χ3n) is 8.22. The molecule has 6 nitrogen and oxygen atoms in total. The highest BCUT2D eigenvalue weighted by atomic mass is 16.5. The Bertz CT molecular complexity index is 1300. The van der Waals surface area contributed by atoms with E-state index < -0.39 is 11.9 Å². The minimum Gasteiger partial charge on any atom is -0.485 e. The van der Waals surface area contributed by atoms with Crippen LogP contribution in [0.2, 0.25) is 0 Å². The van der Waals surface area contributed by atoms with Gasteiger partial charge in [-0.25, -0.2) is 4.98 Å². The van der Waals surface area contributed by atoms with E-state index in [9.17, 15) is 9.90 Å². The minimum atomic E-state index is -0.727. The Morgan fingerprint density at radius 3 is 2.68 bits per heavy atom. The van der Waals surface area contributed by atoms with Crippen molar-refractivity contribution in [1.29, 1.82) is 0 Å². The lowest BCUT2D eigenvalue weighted by Gasteiger charge is -2.29. The molecule has 0 bridgehead atoms. The monoisotopic (exact) mass is 514 g/mol. The summed E-state index contributed by atoms with van der Waals surface area (Å²) in [6, 6.07) is 17.0. The number of benzene rings is 2. The van der Waals surface area contributed by atoms with E-state index in [1.807, 2.05) is 19.1 Å². The zero-order valence-electron chi connectivity index (χ0n) is 22.8. The van der Waals surface area contributed by atoms with E-state index in [1.54, 1.807) is 13.3 Å². The SMILES string of the molecule is CCN(C)Cc1cc([C@@H]2CCc3ccc([C@H](C4CC4)[C@@H](C)C(=O)O)cc3O2)ccc1-c1ccnc(OC)c1. The molecule has 5 rings (SSSR count). The van der Waals surface area contributed by atoms with Gasteiger partial charge in [-0.2, -0.15) is 0 Å². The van der Waals surface area contributed by atoms with E-state index in [0.29, 0.717) is 11.8 Å². The average Bonchev–Trinajstić information content (AvgIpc) is 3.77. The minimum absolute atomic E-state index is 0.0367. The van der Waals surface area contributed by atoms with Gasteiger partial charge in [-0.15, -0.1) is 0 Å². The first-order chi connectivity index (χ1) is 18.4. The number of nitrogens with zero attached hydrogens (tertiary/aromatic N) is 2. The Morgan fingerprint density at radius 2 is 1.97 bits per heavy atom. The van der Waals surface area contributed by atoms with Crippen LogP contribution in [0.25, 0.3) is 11.1 Å². The maximum Gasteiger partial charge on any atom is 0.306 e. The molecule has 0 unspecified atom stereocenters. The molecule has 1 aliphatic carbocycles. The summed E-state index contributed by atoms with van der Waals surface area (Å²) in [5.74, 6) is 0.862. The number of ether oxygens (including phenoxy) is 2. The molecule has 1 saturated carbocycles. The van der Waals surface area contributed by atoms with Gasteiger partial charge in [0.15, 0.2) is 0 Å². The van der Waals surface area contributed by atoms with E-state index in [-0.39, 0.29) is 12.0 Å². The van der Waals surface area contributed by atoms with Crippen molar-refractivity contribution in [3.05, 3.63) is 77.0 Å². The Kier molecular flexibility index (Phi) is 7.70. The molecule has 0 amide bonds. The van der Waals surface area contributed by atoms with Gasteiger partial charge in [0.2, 0.25) is 5.88 Å². The second kappa shape index (κ2) is 11.2. The van der Waals surface area contributed by atoms with E-state index in [4.69, 9.17) is 9.47 Å². The molecule has 38 heavy (non-hydrogen) atoms. The average molecular weight is 515 g/mol. The lowest BCUT2D eigenvalue weighted by atomic mass is 9.82. The topological polar surface area (TPSA) is 71.9 Å². The summed E-state index contributed by atoms with van der Waals surface area (Å²) < 4.78 is 12.0. The zero-order chi connectivity index (χ0) is 26.8. The van der Waals surface area contributed by atoms with E-state index in [1.165, 1.54) is 22.3 Å². The molecule has 0 spiro atoms. The van der Waals surface area contributed by atoms with Crippen LogP contribution in [0.3, 0.4) is 0 Å². The maximum atomic E-state index is 11.8. The number of rotatable bonds is 10. The van der Waals surface area contributed by atoms with Crippen LogP contribution in [0, 0.1) is 11.8 Å². The third kappa shape index (κ3) is 5.56. The highest BCUT2D eigenvalue weighted by Gasteiger charge is 2.39. The number of carboxylic acid groups (broad SMARTS) is 1. The van der Waals surface area contributed by atoms with E-state index in [2.05, 4.69) is 60.3 Å². The molecule has 6 heteroatoms.